The highest BCUT2D eigenvalue weighted by Gasteiger charge is 2.09. The maximum Gasteiger partial charge on any atom is 0.237 e. The fourth-order valence-electron chi connectivity index (χ4n) is 1.21. The van der Waals surface area contributed by atoms with E-state index in [1.165, 1.54) is 6.20 Å². The molecule has 0 fully saturated rings. The minimum atomic E-state index is 0.413. The summed E-state index contributed by atoms with van der Waals surface area (Å²) in [4.78, 5) is 8.13. The lowest BCUT2D eigenvalue weighted by atomic mass is 10.3. The lowest BCUT2D eigenvalue weighted by molar-refractivity contribution is 0.408. The van der Waals surface area contributed by atoms with Crippen LogP contribution in [0.5, 0.6) is 17.4 Å². The van der Waals surface area contributed by atoms with Gasteiger partial charge < -0.3 is 9.47 Å². The Kier molecular flexibility index (Phi) is 4.58. The average molecular weight is 439 g/mol. The van der Waals surface area contributed by atoms with Crippen LogP contribution < -0.4 is 9.47 Å². The van der Waals surface area contributed by atoms with E-state index in [-0.39, 0.29) is 0 Å². The summed E-state index contributed by atoms with van der Waals surface area (Å²) in [7, 11) is 1.60. The van der Waals surface area contributed by atoms with Crippen molar-refractivity contribution in [2.24, 2.45) is 0 Å². The highest BCUT2D eigenvalue weighted by Crippen LogP contribution is 2.37. The Morgan fingerprint density at radius 2 is 1.61 bits per heavy atom. The number of methoxy groups -OCH3 is 1. The number of ether oxygens (including phenoxy) is 2. The van der Waals surface area contributed by atoms with Gasteiger partial charge in [0.05, 0.1) is 28.4 Å². The van der Waals surface area contributed by atoms with Gasteiger partial charge in [0.15, 0.2) is 0 Å². The molecule has 0 radical (unpaired) electrons. The van der Waals surface area contributed by atoms with Crippen molar-refractivity contribution in [3.8, 4) is 17.4 Å². The Hall–Kier alpha value is -0.660. The van der Waals surface area contributed by atoms with E-state index >= 15 is 0 Å². The largest absolute Gasteiger partial charge is 0.496 e. The van der Waals surface area contributed by atoms with Gasteiger partial charge in [-0.15, -0.1) is 0 Å². The standard InChI is InChI=1S/C11H7Br3N2O2/c1-17-8-2-7(13)9(3-6(8)12)18-11-5-15-10(14)4-16-11/h2-5H,1H3. The van der Waals surface area contributed by atoms with Crippen LogP contribution in [-0.4, -0.2) is 17.1 Å². The van der Waals surface area contributed by atoms with Crippen molar-refractivity contribution < 1.29 is 9.47 Å². The van der Waals surface area contributed by atoms with E-state index in [0.717, 1.165) is 14.7 Å². The predicted octanol–water partition coefficient (Wildman–Crippen LogP) is 4.57. The van der Waals surface area contributed by atoms with Crippen LogP contribution in [0.2, 0.25) is 0 Å². The fraction of sp³-hybridized carbons (Fsp3) is 0.0909. The monoisotopic (exact) mass is 436 g/mol. The number of aromatic nitrogens is 2. The van der Waals surface area contributed by atoms with E-state index in [4.69, 9.17) is 9.47 Å². The zero-order valence-electron chi connectivity index (χ0n) is 9.15. The summed E-state index contributed by atoms with van der Waals surface area (Å²) in [5.41, 5.74) is 0. The first-order valence-electron chi connectivity index (χ1n) is 4.78. The molecule has 0 N–H and O–H groups in total. The van der Waals surface area contributed by atoms with Crippen molar-refractivity contribution in [1.82, 2.24) is 9.97 Å². The van der Waals surface area contributed by atoms with E-state index in [1.54, 1.807) is 19.4 Å². The van der Waals surface area contributed by atoms with Gasteiger partial charge in [0.2, 0.25) is 5.88 Å². The second-order valence-corrected chi connectivity index (χ2v) is 5.72. The molecule has 4 nitrogen and oxygen atoms in total. The quantitative estimate of drug-likeness (QED) is 0.704. The van der Waals surface area contributed by atoms with Crippen molar-refractivity contribution >= 4 is 47.8 Å². The Bertz CT molecular complexity index is 561. The molecular formula is C11H7Br3N2O2. The minimum Gasteiger partial charge on any atom is -0.496 e. The van der Waals surface area contributed by atoms with Gasteiger partial charge in [0, 0.05) is 0 Å². The van der Waals surface area contributed by atoms with Crippen LogP contribution in [-0.2, 0) is 0 Å². The first kappa shape index (κ1) is 13.8. The Labute approximate surface area is 129 Å². The van der Waals surface area contributed by atoms with E-state index in [9.17, 15) is 0 Å². The molecule has 94 valence electrons. The second kappa shape index (κ2) is 5.99. The molecule has 0 amide bonds. The van der Waals surface area contributed by atoms with E-state index in [0.29, 0.717) is 16.2 Å². The van der Waals surface area contributed by atoms with Crippen molar-refractivity contribution in [1.29, 1.82) is 0 Å². The Morgan fingerprint density at radius 3 is 2.22 bits per heavy atom. The highest BCUT2D eigenvalue weighted by atomic mass is 79.9. The van der Waals surface area contributed by atoms with Crippen LogP contribution in [0.3, 0.4) is 0 Å². The van der Waals surface area contributed by atoms with Gasteiger partial charge in [-0.25, -0.2) is 9.97 Å². The number of rotatable bonds is 3. The Balaban J connectivity index is 2.29. The van der Waals surface area contributed by atoms with Gasteiger partial charge in [-0.1, -0.05) is 0 Å². The predicted molar refractivity (Wildman–Crippen MR) is 78.2 cm³/mol. The third-order valence-corrected chi connectivity index (χ3v) is 3.67. The number of halogens is 3. The topological polar surface area (TPSA) is 44.2 Å². The molecule has 0 atom stereocenters. The van der Waals surface area contributed by atoms with Gasteiger partial charge in [-0.2, -0.15) is 0 Å². The molecule has 0 aliphatic carbocycles. The molecular weight excluding hydrogens is 432 g/mol. The van der Waals surface area contributed by atoms with Gasteiger partial charge in [-0.3, -0.25) is 0 Å². The molecule has 0 unspecified atom stereocenters. The summed E-state index contributed by atoms with van der Waals surface area (Å²) in [6.07, 6.45) is 3.11. The van der Waals surface area contributed by atoms with Crippen molar-refractivity contribution in [2.75, 3.05) is 7.11 Å². The Morgan fingerprint density at radius 1 is 0.944 bits per heavy atom. The van der Waals surface area contributed by atoms with E-state index < -0.39 is 0 Å². The van der Waals surface area contributed by atoms with Crippen molar-refractivity contribution in [3.05, 3.63) is 38.1 Å². The molecule has 0 bridgehead atoms. The molecule has 0 aliphatic rings. The summed E-state index contributed by atoms with van der Waals surface area (Å²) in [6.45, 7) is 0. The number of hydrogen-bond acceptors (Lipinski definition) is 4. The first-order valence-corrected chi connectivity index (χ1v) is 7.16. The second-order valence-electron chi connectivity index (χ2n) is 3.20. The van der Waals surface area contributed by atoms with Crippen molar-refractivity contribution in [3.63, 3.8) is 0 Å². The van der Waals surface area contributed by atoms with Crippen LogP contribution in [0.1, 0.15) is 0 Å². The summed E-state index contributed by atoms with van der Waals surface area (Å²) >= 11 is 10.0. The zero-order valence-corrected chi connectivity index (χ0v) is 13.9. The molecule has 0 saturated heterocycles. The number of benzene rings is 1. The normalized spacial score (nSPS) is 10.2. The average Bonchev–Trinajstić information content (AvgIpc) is 2.36. The fourth-order valence-corrected chi connectivity index (χ4v) is 2.30. The van der Waals surface area contributed by atoms with Gasteiger partial charge in [-0.05, 0) is 59.9 Å². The molecule has 7 heteroatoms. The molecule has 2 rings (SSSR count). The number of hydrogen-bond donors (Lipinski definition) is 0. The smallest absolute Gasteiger partial charge is 0.237 e. The van der Waals surface area contributed by atoms with E-state index in [2.05, 4.69) is 57.8 Å². The zero-order chi connectivity index (χ0) is 13.1. The summed E-state index contributed by atoms with van der Waals surface area (Å²) in [5, 5.41) is 0. The van der Waals surface area contributed by atoms with Gasteiger partial charge in [0.1, 0.15) is 16.1 Å². The molecule has 1 aromatic heterocycles. The summed E-state index contributed by atoms with van der Waals surface area (Å²) in [5.74, 6) is 1.76. The third kappa shape index (κ3) is 3.21. The summed E-state index contributed by atoms with van der Waals surface area (Å²) in [6, 6.07) is 3.61. The molecule has 0 saturated carbocycles. The number of nitrogens with zero attached hydrogens (tertiary/aromatic N) is 2. The van der Waals surface area contributed by atoms with Crippen LogP contribution in [0.25, 0.3) is 0 Å². The molecule has 0 spiro atoms. The van der Waals surface area contributed by atoms with Gasteiger partial charge in [0.25, 0.3) is 0 Å². The van der Waals surface area contributed by atoms with Crippen LogP contribution >= 0.6 is 47.8 Å². The molecule has 2 aromatic rings. The molecule has 18 heavy (non-hydrogen) atoms. The van der Waals surface area contributed by atoms with Crippen molar-refractivity contribution in [2.45, 2.75) is 0 Å². The maximum atomic E-state index is 5.62. The lowest BCUT2D eigenvalue weighted by Gasteiger charge is -2.09. The van der Waals surface area contributed by atoms with Crippen LogP contribution in [0.4, 0.5) is 0 Å². The summed E-state index contributed by atoms with van der Waals surface area (Å²) < 4.78 is 13.0. The minimum absolute atomic E-state index is 0.413. The SMILES string of the molecule is COc1cc(Br)c(Oc2cnc(Br)cn2)cc1Br. The lowest BCUT2D eigenvalue weighted by Crippen LogP contribution is -1.92. The van der Waals surface area contributed by atoms with Crippen LogP contribution in [0.15, 0.2) is 38.1 Å². The maximum absolute atomic E-state index is 5.62. The third-order valence-electron chi connectivity index (χ3n) is 2.02. The molecule has 1 heterocycles. The molecule has 0 aliphatic heterocycles. The molecule has 1 aromatic carbocycles. The highest BCUT2D eigenvalue weighted by molar-refractivity contribution is 9.11. The van der Waals surface area contributed by atoms with E-state index in [1.807, 2.05) is 6.07 Å². The van der Waals surface area contributed by atoms with Crippen LogP contribution in [0, 0.1) is 0 Å². The van der Waals surface area contributed by atoms with Gasteiger partial charge >= 0.3 is 0 Å². The first-order chi connectivity index (χ1) is 8.60.